The summed E-state index contributed by atoms with van der Waals surface area (Å²) in [5.74, 6) is 0.0394. The van der Waals surface area contributed by atoms with Gasteiger partial charge >= 0.3 is 5.97 Å². The summed E-state index contributed by atoms with van der Waals surface area (Å²) in [7, 11) is 0. The van der Waals surface area contributed by atoms with Gasteiger partial charge in [-0.3, -0.25) is 4.79 Å². The second-order valence-corrected chi connectivity index (χ2v) is 7.30. The van der Waals surface area contributed by atoms with Crippen molar-refractivity contribution in [3.05, 3.63) is 75.9 Å². The maximum Gasteiger partial charge on any atom is 0.336 e. The maximum atomic E-state index is 12.0. The van der Waals surface area contributed by atoms with Gasteiger partial charge in [-0.15, -0.1) is 0 Å². The molecule has 0 aromatic heterocycles. The Kier molecular flexibility index (Phi) is 4.57. The van der Waals surface area contributed by atoms with Crippen molar-refractivity contribution in [3.8, 4) is 28.2 Å². The van der Waals surface area contributed by atoms with Crippen molar-refractivity contribution in [3.63, 3.8) is 0 Å². The molecule has 2 aromatic rings. The number of carboxylic acid groups (broad SMARTS) is 1. The molecule has 1 heterocycles. The number of fused-ring (bicyclic) bond motifs is 2. The van der Waals surface area contributed by atoms with E-state index in [2.05, 4.69) is 0 Å². The third-order valence-corrected chi connectivity index (χ3v) is 5.19. The Morgan fingerprint density at radius 2 is 1.82 bits per heavy atom. The summed E-state index contributed by atoms with van der Waals surface area (Å²) in [5, 5.41) is 20.3. The minimum atomic E-state index is -1.03. The zero-order valence-electron chi connectivity index (χ0n) is 14.9. The van der Waals surface area contributed by atoms with E-state index in [4.69, 9.17) is 4.42 Å². The van der Waals surface area contributed by atoms with Gasteiger partial charge in [0.2, 0.25) is 0 Å². The SMILES string of the molecule is CSCc1ccc(-c2c3ccc(=O)cc-3oc3cc(O)ccc23)c(C(=O)O)c1. The molecule has 0 saturated carbocycles. The number of hydrogen-bond donors (Lipinski definition) is 2. The van der Waals surface area contributed by atoms with Crippen molar-refractivity contribution in [2.75, 3.05) is 6.26 Å². The van der Waals surface area contributed by atoms with Gasteiger partial charge in [-0.25, -0.2) is 4.79 Å². The van der Waals surface area contributed by atoms with E-state index in [0.29, 0.717) is 39.2 Å². The van der Waals surface area contributed by atoms with Crippen molar-refractivity contribution >= 4 is 28.7 Å². The Hall–Kier alpha value is -3.25. The van der Waals surface area contributed by atoms with E-state index in [1.54, 1.807) is 36.0 Å². The summed E-state index contributed by atoms with van der Waals surface area (Å²) in [4.78, 5) is 23.8. The molecule has 1 aliphatic heterocycles. The van der Waals surface area contributed by atoms with Crippen LogP contribution in [-0.4, -0.2) is 22.4 Å². The fraction of sp³-hybridized carbons (Fsp3) is 0.0909. The topological polar surface area (TPSA) is 87.7 Å². The van der Waals surface area contributed by atoms with Gasteiger partial charge in [0.15, 0.2) is 5.43 Å². The highest BCUT2D eigenvalue weighted by molar-refractivity contribution is 7.97. The molecule has 140 valence electrons. The largest absolute Gasteiger partial charge is 0.508 e. The van der Waals surface area contributed by atoms with Gasteiger partial charge in [0.05, 0.1) is 5.56 Å². The molecule has 0 fully saturated rings. The van der Waals surface area contributed by atoms with Gasteiger partial charge in [-0.2, -0.15) is 11.8 Å². The highest BCUT2D eigenvalue weighted by atomic mass is 32.2. The van der Waals surface area contributed by atoms with Crippen LogP contribution in [0.2, 0.25) is 0 Å². The van der Waals surface area contributed by atoms with Crippen LogP contribution < -0.4 is 5.43 Å². The third-order valence-electron chi connectivity index (χ3n) is 4.57. The van der Waals surface area contributed by atoms with Gasteiger partial charge in [0.1, 0.15) is 17.1 Å². The predicted octanol–water partition coefficient (Wildman–Crippen LogP) is 4.83. The number of phenols is 1. The quantitative estimate of drug-likeness (QED) is 0.484. The first-order valence-electron chi connectivity index (χ1n) is 8.53. The van der Waals surface area contributed by atoms with Crippen LogP contribution in [0.4, 0.5) is 0 Å². The first-order valence-corrected chi connectivity index (χ1v) is 9.92. The second kappa shape index (κ2) is 7.05. The Bertz CT molecular complexity index is 1240. The van der Waals surface area contributed by atoms with Crippen LogP contribution in [0.25, 0.3) is 33.4 Å². The molecular formula is C22H16O5S. The van der Waals surface area contributed by atoms with Crippen molar-refractivity contribution in [2.45, 2.75) is 5.75 Å². The van der Waals surface area contributed by atoms with E-state index in [9.17, 15) is 19.8 Å². The van der Waals surface area contributed by atoms with Crippen LogP contribution in [0.15, 0.2) is 63.8 Å². The number of rotatable bonds is 4. The van der Waals surface area contributed by atoms with Crippen LogP contribution in [0.3, 0.4) is 0 Å². The Morgan fingerprint density at radius 1 is 1.04 bits per heavy atom. The van der Waals surface area contributed by atoms with E-state index in [1.807, 2.05) is 12.3 Å². The standard InChI is InChI=1S/C22H16O5S/c1-28-11-12-2-5-15(18(8-12)22(25)26)21-16-6-3-13(23)9-19(16)27-20-10-14(24)4-7-17(20)21/h2-10,23H,11H2,1H3,(H,25,26). The lowest BCUT2D eigenvalue weighted by Gasteiger charge is -2.17. The van der Waals surface area contributed by atoms with E-state index in [-0.39, 0.29) is 16.7 Å². The molecule has 4 rings (SSSR count). The average Bonchev–Trinajstić information content (AvgIpc) is 2.66. The lowest BCUT2D eigenvalue weighted by molar-refractivity contribution is 0.0697. The van der Waals surface area contributed by atoms with Gasteiger partial charge in [-0.1, -0.05) is 12.1 Å². The number of thioether (sulfide) groups is 1. The Balaban J connectivity index is 2.13. The molecule has 2 aromatic carbocycles. The predicted molar refractivity (Wildman–Crippen MR) is 110 cm³/mol. The van der Waals surface area contributed by atoms with E-state index in [1.165, 1.54) is 24.3 Å². The number of benzene rings is 3. The summed E-state index contributed by atoms with van der Waals surface area (Å²) in [5.41, 5.74) is 3.09. The van der Waals surface area contributed by atoms with Crippen LogP contribution in [0.1, 0.15) is 15.9 Å². The van der Waals surface area contributed by atoms with Gasteiger partial charge in [-0.05, 0) is 47.7 Å². The molecule has 0 unspecified atom stereocenters. The average molecular weight is 392 g/mol. The first-order chi connectivity index (χ1) is 13.5. The lowest BCUT2D eigenvalue weighted by atomic mass is 9.90. The number of hydrogen-bond acceptors (Lipinski definition) is 5. The molecule has 2 N–H and O–H groups in total. The van der Waals surface area contributed by atoms with E-state index in [0.717, 1.165) is 5.56 Å². The van der Waals surface area contributed by atoms with Crippen LogP contribution >= 0.6 is 11.8 Å². The molecule has 0 saturated heterocycles. The van der Waals surface area contributed by atoms with Crippen molar-refractivity contribution in [1.82, 2.24) is 0 Å². The molecule has 1 aliphatic carbocycles. The smallest absolute Gasteiger partial charge is 0.336 e. The number of aromatic hydroxyl groups is 1. The first kappa shape index (κ1) is 18.1. The summed E-state index contributed by atoms with van der Waals surface area (Å²) in [6.07, 6.45) is 1.96. The van der Waals surface area contributed by atoms with Crippen molar-refractivity contribution < 1.29 is 19.4 Å². The molecule has 2 aliphatic rings. The molecule has 0 atom stereocenters. The van der Waals surface area contributed by atoms with Crippen LogP contribution in [0.5, 0.6) is 5.75 Å². The third kappa shape index (κ3) is 3.12. The van der Waals surface area contributed by atoms with E-state index < -0.39 is 5.97 Å². The molecule has 0 radical (unpaired) electrons. The zero-order valence-corrected chi connectivity index (χ0v) is 15.7. The van der Waals surface area contributed by atoms with Gasteiger partial charge in [0.25, 0.3) is 0 Å². The summed E-state index contributed by atoms with van der Waals surface area (Å²) >= 11 is 1.61. The van der Waals surface area contributed by atoms with E-state index >= 15 is 0 Å². The maximum absolute atomic E-state index is 12.0. The Labute approximate surface area is 164 Å². The molecule has 0 spiro atoms. The summed E-state index contributed by atoms with van der Waals surface area (Å²) in [6.45, 7) is 0. The second-order valence-electron chi connectivity index (χ2n) is 6.43. The number of phenolic OH excluding ortho intramolecular Hbond substituents is 1. The van der Waals surface area contributed by atoms with Crippen molar-refractivity contribution in [2.24, 2.45) is 0 Å². The number of aromatic carboxylic acids is 1. The highest BCUT2D eigenvalue weighted by Gasteiger charge is 2.22. The fourth-order valence-electron chi connectivity index (χ4n) is 3.39. The van der Waals surface area contributed by atoms with Gasteiger partial charge in [0, 0.05) is 34.4 Å². The number of carbonyl (C=O) groups is 1. The minimum Gasteiger partial charge on any atom is -0.508 e. The molecule has 0 bridgehead atoms. The molecule has 5 nitrogen and oxygen atoms in total. The normalized spacial score (nSPS) is 11.2. The molecular weight excluding hydrogens is 376 g/mol. The monoisotopic (exact) mass is 392 g/mol. The number of carboxylic acids is 1. The Morgan fingerprint density at radius 3 is 2.57 bits per heavy atom. The molecule has 6 heteroatoms. The van der Waals surface area contributed by atoms with Crippen LogP contribution in [-0.2, 0) is 5.75 Å². The van der Waals surface area contributed by atoms with Crippen LogP contribution in [0, 0.1) is 0 Å². The fourth-order valence-corrected chi connectivity index (χ4v) is 3.91. The molecule has 28 heavy (non-hydrogen) atoms. The zero-order chi connectivity index (χ0) is 19.8. The highest BCUT2D eigenvalue weighted by Crippen LogP contribution is 2.42. The minimum absolute atomic E-state index is 0.0219. The lowest BCUT2D eigenvalue weighted by Crippen LogP contribution is -2.04. The summed E-state index contributed by atoms with van der Waals surface area (Å²) in [6, 6.07) is 14.5. The van der Waals surface area contributed by atoms with Crippen molar-refractivity contribution in [1.29, 1.82) is 0 Å². The molecule has 0 amide bonds. The van der Waals surface area contributed by atoms with Gasteiger partial charge < -0.3 is 14.6 Å². The summed E-state index contributed by atoms with van der Waals surface area (Å²) < 4.78 is 5.82.